The lowest BCUT2D eigenvalue weighted by molar-refractivity contribution is -0.306. The standard InChI is InChI=1S/C24H32F8O2Si/c1-2-9-35-10-7-17(8-11-35)16-5-3-15(4-6-16)14-33-18-12-19(25)21(20(26)13-18)34-24(31,32)22(27)23(28,29)30/h12-13,15-17,22,35H,2-11,14H2,1H3/t15-,16-,17?,22?,35?. The summed E-state index contributed by atoms with van der Waals surface area (Å²) in [5, 5.41) is 0. The second kappa shape index (κ2) is 11.7. The fraction of sp³-hybridized carbons (Fsp3) is 0.750. The van der Waals surface area contributed by atoms with Crippen LogP contribution in [-0.4, -0.2) is 33.9 Å². The first-order valence-corrected chi connectivity index (χ1v) is 14.7. The van der Waals surface area contributed by atoms with E-state index in [9.17, 15) is 35.1 Å². The summed E-state index contributed by atoms with van der Waals surface area (Å²) >= 11 is 0. The molecule has 1 aromatic carbocycles. The van der Waals surface area contributed by atoms with Gasteiger partial charge in [0.15, 0.2) is 17.4 Å². The first kappa shape index (κ1) is 28.1. The molecule has 2 nitrogen and oxygen atoms in total. The third kappa shape index (κ3) is 7.49. The van der Waals surface area contributed by atoms with Crippen molar-refractivity contribution in [2.24, 2.45) is 17.8 Å². The molecule has 1 atom stereocenters. The zero-order chi connectivity index (χ0) is 25.8. The molecule has 0 N–H and O–H groups in total. The number of hydrogen-bond donors (Lipinski definition) is 0. The Hall–Kier alpha value is -1.52. The lowest BCUT2D eigenvalue weighted by Gasteiger charge is -2.37. The molecule has 1 saturated carbocycles. The Kier molecular flexibility index (Phi) is 9.37. The molecule has 0 bridgehead atoms. The van der Waals surface area contributed by atoms with Crippen LogP contribution in [0.5, 0.6) is 11.5 Å². The Bertz CT molecular complexity index is 795. The molecule has 1 saturated heterocycles. The summed E-state index contributed by atoms with van der Waals surface area (Å²) in [5.41, 5.74) is 0. The van der Waals surface area contributed by atoms with Crippen LogP contribution in [0, 0.1) is 29.4 Å². The summed E-state index contributed by atoms with van der Waals surface area (Å²) in [7, 11) is -0.515. The normalized spacial score (nSPS) is 26.9. The monoisotopic (exact) mass is 532 g/mol. The molecule has 0 spiro atoms. The average molecular weight is 533 g/mol. The third-order valence-electron chi connectivity index (χ3n) is 7.42. The van der Waals surface area contributed by atoms with Gasteiger partial charge in [0, 0.05) is 20.9 Å². The van der Waals surface area contributed by atoms with E-state index in [1.165, 1.54) is 37.4 Å². The van der Waals surface area contributed by atoms with Gasteiger partial charge in [-0.05, 0) is 43.4 Å². The van der Waals surface area contributed by atoms with Crippen molar-refractivity contribution in [2.75, 3.05) is 6.61 Å². The molecule has 1 aromatic rings. The van der Waals surface area contributed by atoms with Gasteiger partial charge in [-0.3, -0.25) is 0 Å². The second-order valence-electron chi connectivity index (χ2n) is 9.95. The zero-order valence-corrected chi connectivity index (χ0v) is 20.8. The van der Waals surface area contributed by atoms with Crippen LogP contribution in [0.1, 0.15) is 51.9 Å². The fourth-order valence-corrected chi connectivity index (χ4v) is 8.97. The van der Waals surface area contributed by atoms with Crippen molar-refractivity contribution in [3.63, 3.8) is 0 Å². The number of benzene rings is 1. The van der Waals surface area contributed by atoms with Crippen molar-refractivity contribution in [2.45, 2.75) is 88.5 Å². The number of halogens is 8. The number of rotatable bonds is 9. The summed E-state index contributed by atoms with van der Waals surface area (Å²) in [6, 6.07) is 5.40. The molecule has 11 heteroatoms. The second-order valence-corrected chi connectivity index (χ2v) is 13.4. The molecular formula is C24H32F8O2Si. The Labute approximate surface area is 202 Å². The van der Waals surface area contributed by atoms with Crippen molar-refractivity contribution < 1.29 is 44.6 Å². The van der Waals surface area contributed by atoms with Gasteiger partial charge >= 0.3 is 12.3 Å². The van der Waals surface area contributed by atoms with E-state index in [1.54, 1.807) is 0 Å². The highest BCUT2D eigenvalue weighted by atomic mass is 28.3. The highest BCUT2D eigenvalue weighted by molar-refractivity contribution is 6.58. The number of hydrogen-bond acceptors (Lipinski definition) is 2. The summed E-state index contributed by atoms with van der Waals surface area (Å²) in [5.74, 6) is -3.85. The van der Waals surface area contributed by atoms with Crippen molar-refractivity contribution in [1.29, 1.82) is 0 Å². The molecule has 200 valence electrons. The lowest BCUT2D eigenvalue weighted by atomic mass is 9.74. The van der Waals surface area contributed by atoms with E-state index in [4.69, 9.17) is 4.74 Å². The molecular weight excluding hydrogens is 500 g/mol. The molecule has 1 unspecified atom stereocenters. The molecule has 1 aliphatic heterocycles. The SMILES string of the molecule is CCC[SiH]1CCC([C@H]2CC[C@H](COc3cc(F)c(OC(F)(F)C(F)C(F)(F)F)c(F)c3)CC2)CC1. The smallest absolute Gasteiger partial charge is 0.439 e. The Balaban J connectivity index is 1.49. The molecule has 1 aliphatic carbocycles. The molecule has 1 heterocycles. The van der Waals surface area contributed by atoms with Crippen molar-refractivity contribution >= 4 is 8.80 Å². The average Bonchev–Trinajstić information content (AvgIpc) is 2.80. The van der Waals surface area contributed by atoms with E-state index in [0.717, 1.165) is 31.6 Å². The maximum absolute atomic E-state index is 14.1. The minimum absolute atomic E-state index is 0.179. The first-order chi connectivity index (χ1) is 16.4. The Morgan fingerprint density at radius 2 is 1.46 bits per heavy atom. The minimum atomic E-state index is -5.96. The van der Waals surface area contributed by atoms with Crippen LogP contribution in [-0.2, 0) is 0 Å². The van der Waals surface area contributed by atoms with E-state index in [-0.39, 0.29) is 18.3 Å². The summed E-state index contributed by atoms with van der Waals surface area (Å²) in [6.45, 7) is 2.43. The van der Waals surface area contributed by atoms with E-state index in [1.807, 2.05) is 0 Å². The van der Waals surface area contributed by atoms with Crippen molar-refractivity contribution in [3.8, 4) is 11.5 Å². The topological polar surface area (TPSA) is 18.5 Å². The highest BCUT2D eigenvalue weighted by Gasteiger charge is 2.59. The fourth-order valence-electron chi connectivity index (χ4n) is 5.49. The maximum atomic E-state index is 14.1. The van der Waals surface area contributed by atoms with E-state index < -0.39 is 44.6 Å². The molecule has 3 rings (SSSR count). The van der Waals surface area contributed by atoms with Crippen LogP contribution < -0.4 is 9.47 Å². The molecule has 2 fully saturated rings. The van der Waals surface area contributed by atoms with Crippen LogP contribution in [0.25, 0.3) is 0 Å². The summed E-state index contributed by atoms with van der Waals surface area (Å²) in [6.07, 6.45) is -8.25. The third-order valence-corrected chi connectivity index (χ3v) is 11.1. The van der Waals surface area contributed by atoms with Crippen LogP contribution in [0.2, 0.25) is 18.1 Å². The van der Waals surface area contributed by atoms with Crippen molar-refractivity contribution in [1.82, 2.24) is 0 Å². The van der Waals surface area contributed by atoms with Crippen LogP contribution in [0.4, 0.5) is 35.1 Å². The Morgan fingerprint density at radius 3 is 1.97 bits per heavy atom. The number of alkyl halides is 6. The van der Waals surface area contributed by atoms with Gasteiger partial charge in [-0.15, -0.1) is 0 Å². The van der Waals surface area contributed by atoms with Gasteiger partial charge in [0.2, 0.25) is 0 Å². The van der Waals surface area contributed by atoms with Gasteiger partial charge in [-0.25, -0.2) is 13.2 Å². The van der Waals surface area contributed by atoms with Crippen LogP contribution in [0.3, 0.4) is 0 Å². The van der Waals surface area contributed by atoms with Gasteiger partial charge in [-0.2, -0.15) is 22.0 Å². The molecule has 0 radical (unpaired) electrons. The summed E-state index contributed by atoms with van der Waals surface area (Å²) < 4.78 is 114. The first-order valence-electron chi connectivity index (χ1n) is 12.3. The van der Waals surface area contributed by atoms with E-state index in [0.29, 0.717) is 18.1 Å². The largest absolute Gasteiger partial charge is 0.493 e. The predicted molar refractivity (Wildman–Crippen MR) is 118 cm³/mol. The highest BCUT2D eigenvalue weighted by Crippen LogP contribution is 2.42. The molecule has 0 aromatic heterocycles. The molecule has 2 aliphatic rings. The van der Waals surface area contributed by atoms with E-state index >= 15 is 0 Å². The van der Waals surface area contributed by atoms with Crippen LogP contribution >= 0.6 is 0 Å². The molecule has 35 heavy (non-hydrogen) atoms. The van der Waals surface area contributed by atoms with Gasteiger partial charge < -0.3 is 9.47 Å². The van der Waals surface area contributed by atoms with Crippen LogP contribution in [0.15, 0.2) is 12.1 Å². The van der Waals surface area contributed by atoms with Gasteiger partial charge in [0.1, 0.15) is 5.75 Å². The van der Waals surface area contributed by atoms with E-state index in [2.05, 4.69) is 11.7 Å². The molecule has 0 amide bonds. The quantitative estimate of drug-likeness (QED) is 0.237. The lowest BCUT2D eigenvalue weighted by Crippen LogP contribution is -2.46. The van der Waals surface area contributed by atoms with Crippen molar-refractivity contribution in [3.05, 3.63) is 23.8 Å². The Morgan fingerprint density at radius 1 is 0.914 bits per heavy atom. The predicted octanol–water partition coefficient (Wildman–Crippen LogP) is 8.07. The van der Waals surface area contributed by atoms with Gasteiger partial charge in [0.05, 0.1) is 6.61 Å². The zero-order valence-electron chi connectivity index (χ0n) is 19.7. The maximum Gasteiger partial charge on any atom is 0.439 e. The minimum Gasteiger partial charge on any atom is -0.493 e. The van der Waals surface area contributed by atoms with Gasteiger partial charge in [-0.1, -0.05) is 44.3 Å². The summed E-state index contributed by atoms with van der Waals surface area (Å²) in [4.78, 5) is 0. The number of ether oxygens (including phenoxy) is 2. The van der Waals surface area contributed by atoms with Gasteiger partial charge in [0.25, 0.3) is 6.17 Å².